The van der Waals surface area contributed by atoms with Crippen molar-refractivity contribution in [3.63, 3.8) is 0 Å². The van der Waals surface area contributed by atoms with Crippen LogP contribution in [0.3, 0.4) is 0 Å². The number of sulfonamides is 1. The molecule has 1 aliphatic heterocycles. The van der Waals surface area contributed by atoms with Gasteiger partial charge < -0.3 is 14.0 Å². The number of nitrogens with zero attached hydrogens (tertiary/aromatic N) is 2. The molecule has 4 aromatic rings. The molecule has 12 heteroatoms. The zero-order valence-electron chi connectivity index (χ0n) is 20.5. The molecule has 2 heterocycles. The molecule has 1 aliphatic rings. The summed E-state index contributed by atoms with van der Waals surface area (Å²) in [6, 6.07) is 19.6. The Morgan fingerprint density at radius 2 is 1.68 bits per heavy atom. The maximum Gasteiger partial charge on any atom is 0.286 e. The highest BCUT2D eigenvalue weighted by Gasteiger charge is 2.31. The number of aryl methyl sites for hydroxylation is 1. The molecule has 0 radical (unpaired) electrons. The van der Waals surface area contributed by atoms with Gasteiger partial charge in [-0.25, -0.2) is 13.4 Å². The lowest BCUT2D eigenvalue weighted by molar-refractivity contribution is -0.118. The Hall–Kier alpha value is -4.03. The highest BCUT2D eigenvalue weighted by Crippen LogP contribution is 2.28. The highest BCUT2D eigenvalue weighted by atomic mass is 32.2. The van der Waals surface area contributed by atoms with Crippen LogP contribution in [0.15, 0.2) is 66.7 Å². The van der Waals surface area contributed by atoms with Gasteiger partial charge in [0.05, 0.1) is 22.5 Å². The fraction of sp³-hybridized carbons (Fsp3) is 0.192. The lowest BCUT2D eigenvalue weighted by atomic mass is 10.1. The number of imidazole rings is 1. The number of thioether (sulfide) groups is 1. The van der Waals surface area contributed by atoms with Crippen molar-refractivity contribution in [2.75, 3.05) is 11.0 Å². The number of hydrogen-bond donors (Lipinski definition) is 2. The Labute approximate surface area is 223 Å². The zero-order chi connectivity index (χ0) is 26.9. The van der Waals surface area contributed by atoms with E-state index >= 15 is 0 Å². The second kappa shape index (κ2) is 10.4. The molecule has 0 spiro atoms. The number of anilines is 1. The van der Waals surface area contributed by atoms with E-state index in [1.807, 2.05) is 54.1 Å². The number of imide groups is 1. The van der Waals surface area contributed by atoms with Gasteiger partial charge in [0.25, 0.3) is 5.24 Å². The molecule has 1 fully saturated rings. The zero-order valence-corrected chi connectivity index (χ0v) is 22.1. The summed E-state index contributed by atoms with van der Waals surface area (Å²) in [6.07, 6.45) is 1.57. The number of rotatable bonds is 9. The van der Waals surface area contributed by atoms with Crippen molar-refractivity contribution in [3.05, 3.63) is 78.1 Å². The van der Waals surface area contributed by atoms with Gasteiger partial charge in [-0.15, -0.1) is 0 Å². The van der Waals surface area contributed by atoms with E-state index in [1.165, 1.54) is 0 Å². The summed E-state index contributed by atoms with van der Waals surface area (Å²) < 4.78 is 39.0. The van der Waals surface area contributed by atoms with Crippen molar-refractivity contribution in [1.29, 1.82) is 0 Å². The monoisotopic (exact) mass is 552 g/mol. The molecule has 0 bridgehead atoms. The first-order valence-corrected chi connectivity index (χ1v) is 14.3. The average Bonchev–Trinajstić information content (AvgIpc) is 3.36. The van der Waals surface area contributed by atoms with Crippen LogP contribution in [0.25, 0.3) is 11.0 Å². The number of hydrogen-bond acceptors (Lipinski definition) is 8. The molecule has 1 aromatic heterocycles. The molecule has 2 amide bonds. The molecular weight excluding hydrogens is 528 g/mol. The molecule has 38 heavy (non-hydrogen) atoms. The first-order valence-electron chi connectivity index (χ1n) is 11.6. The van der Waals surface area contributed by atoms with Gasteiger partial charge in [-0.3, -0.25) is 19.6 Å². The third-order valence-corrected chi connectivity index (χ3v) is 7.41. The van der Waals surface area contributed by atoms with Gasteiger partial charge >= 0.3 is 0 Å². The van der Waals surface area contributed by atoms with Crippen LogP contribution in [0.4, 0.5) is 10.5 Å². The van der Waals surface area contributed by atoms with E-state index in [0.29, 0.717) is 29.4 Å². The van der Waals surface area contributed by atoms with Crippen molar-refractivity contribution >= 4 is 49.7 Å². The highest BCUT2D eigenvalue weighted by molar-refractivity contribution is 8.15. The maximum atomic E-state index is 11.8. The van der Waals surface area contributed by atoms with Crippen molar-refractivity contribution in [1.82, 2.24) is 14.9 Å². The number of aromatic nitrogens is 2. The summed E-state index contributed by atoms with van der Waals surface area (Å²) in [7, 11) is -1.44. The lowest BCUT2D eigenvalue weighted by Gasteiger charge is -2.09. The normalized spacial score (nSPS) is 15.5. The van der Waals surface area contributed by atoms with Crippen LogP contribution in [-0.4, -0.2) is 40.6 Å². The Balaban J connectivity index is 1.22. The number of nitrogens with one attached hydrogen (secondary N) is 2. The summed E-state index contributed by atoms with van der Waals surface area (Å²) in [6.45, 7) is 0.255. The quantitative estimate of drug-likeness (QED) is 0.316. The van der Waals surface area contributed by atoms with Gasteiger partial charge in [-0.1, -0.05) is 23.9 Å². The Kier molecular flexibility index (Phi) is 7.00. The number of carbonyl (C=O) groups is 2. The molecule has 5 rings (SSSR count). The molecule has 196 valence electrons. The van der Waals surface area contributed by atoms with E-state index in [0.717, 1.165) is 40.4 Å². The topological polar surface area (TPSA) is 129 Å². The molecule has 0 aliphatic carbocycles. The summed E-state index contributed by atoms with van der Waals surface area (Å²) in [5.74, 6) is 2.32. The van der Waals surface area contributed by atoms with Crippen LogP contribution in [0, 0.1) is 0 Å². The largest absolute Gasteiger partial charge is 0.486 e. The maximum absolute atomic E-state index is 11.8. The smallest absolute Gasteiger partial charge is 0.286 e. The molecule has 1 saturated heterocycles. The number of amides is 2. The predicted octanol–water partition coefficient (Wildman–Crippen LogP) is 4.21. The molecule has 10 nitrogen and oxygen atoms in total. The van der Waals surface area contributed by atoms with E-state index in [1.54, 1.807) is 24.3 Å². The third kappa shape index (κ3) is 6.09. The summed E-state index contributed by atoms with van der Waals surface area (Å²) >= 11 is 1.01. The standard InChI is InChI=1S/C26H24N4O6S2/c1-30-22-14-20(36-19-9-5-17(6-10-19)29-38(2,33)34)11-12-21(22)27-24(30)15-35-18-7-3-16(4-8-18)13-23-25(31)28-26(32)37-23/h3-12,14,23,29H,13,15H2,1-2H3,(H,28,31,32). The van der Waals surface area contributed by atoms with E-state index in [9.17, 15) is 18.0 Å². The second-order valence-corrected chi connectivity index (χ2v) is 11.7. The molecule has 0 saturated carbocycles. The van der Waals surface area contributed by atoms with E-state index in [-0.39, 0.29) is 17.8 Å². The van der Waals surface area contributed by atoms with Crippen molar-refractivity contribution in [3.8, 4) is 17.2 Å². The lowest BCUT2D eigenvalue weighted by Crippen LogP contribution is -2.25. The predicted molar refractivity (Wildman–Crippen MR) is 145 cm³/mol. The second-order valence-electron chi connectivity index (χ2n) is 8.76. The van der Waals surface area contributed by atoms with Gasteiger partial charge in [0.15, 0.2) is 0 Å². The van der Waals surface area contributed by atoms with Crippen LogP contribution in [0.5, 0.6) is 17.2 Å². The van der Waals surface area contributed by atoms with Crippen molar-refractivity contribution < 1.29 is 27.5 Å². The van der Waals surface area contributed by atoms with Gasteiger partial charge in [0.1, 0.15) is 29.7 Å². The molecule has 2 N–H and O–H groups in total. The van der Waals surface area contributed by atoms with Crippen LogP contribution in [0.2, 0.25) is 0 Å². The van der Waals surface area contributed by atoms with Gasteiger partial charge in [-0.2, -0.15) is 0 Å². The van der Waals surface area contributed by atoms with Crippen LogP contribution in [0.1, 0.15) is 11.4 Å². The van der Waals surface area contributed by atoms with Crippen LogP contribution >= 0.6 is 11.8 Å². The summed E-state index contributed by atoms with van der Waals surface area (Å²) in [5.41, 5.74) is 3.06. The fourth-order valence-electron chi connectivity index (χ4n) is 3.96. The first-order chi connectivity index (χ1) is 18.1. The molecular formula is C26H24N4O6S2. The summed E-state index contributed by atoms with van der Waals surface area (Å²) in [4.78, 5) is 27.8. The van der Waals surface area contributed by atoms with Gasteiger partial charge in [-0.05, 0) is 60.5 Å². The Morgan fingerprint density at radius 3 is 2.34 bits per heavy atom. The van der Waals surface area contributed by atoms with Gasteiger partial charge in [0.2, 0.25) is 15.9 Å². The first kappa shape index (κ1) is 25.6. The van der Waals surface area contributed by atoms with Crippen molar-refractivity contribution in [2.45, 2.75) is 18.3 Å². The number of benzene rings is 3. The minimum absolute atomic E-state index is 0.254. The summed E-state index contributed by atoms with van der Waals surface area (Å²) in [5, 5.41) is 1.59. The van der Waals surface area contributed by atoms with Gasteiger partial charge in [0, 0.05) is 18.8 Å². The number of carbonyl (C=O) groups excluding carboxylic acids is 2. The fourth-order valence-corrected chi connectivity index (χ4v) is 5.39. The van der Waals surface area contributed by atoms with E-state index in [4.69, 9.17) is 9.47 Å². The van der Waals surface area contributed by atoms with Crippen LogP contribution < -0.4 is 19.5 Å². The van der Waals surface area contributed by atoms with E-state index < -0.39 is 15.3 Å². The van der Waals surface area contributed by atoms with Crippen LogP contribution in [-0.2, 0) is 34.9 Å². The number of ether oxygens (including phenoxy) is 2. The molecule has 1 unspecified atom stereocenters. The molecule has 3 aromatic carbocycles. The third-order valence-electron chi connectivity index (χ3n) is 5.82. The number of fused-ring (bicyclic) bond motifs is 1. The average molecular weight is 553 g/mol. The SMILES string of the molecule is Cn1c(COc2ccc(CC3SC(=O)NC3=O)cc2)nc2ccc(Oc3ccc(NS(C)(=O)=O)cc3)cc21. The Morgan fingerprint density at radius 1 is 1.00 bits per heavy atom. The minimum Gasteiger partial charge on any atom is -0.486 e. The van der Waals surface area contributed by atoms with E-state index in [2.05, 4.69) is 15.0 Å². The Bertz CT molecular complexity index is 1620. The van der Waals surface area contributed by atoms with Crippen molar-refractivity contribution in [2.24, 2.45) is 7.05 Å². The molecule has 1 atom stereocenters. The minimum atomic E-state index is -3.34.